The predicted octanol–water partition coefficient (Wildman–Crippen LogP) is 8.45. The Balaban J connectivity index is 3.53. The minimum absolute atomic E-state index is 0.542. The van der Waals surface area contributed by atoms with Crippen molar-refractivity contribution in [2.24, 2.45) is 0 Å². The molecule has 0 saturated heterocycles. The summed E-state index contributed by atoms with van der Waals surface area (Å²) in [6.07, 6.45) is 25.5. The van der Waals surface area contributed by atoms with E-state index in [-0.39, 0.29) is 0 Å². The van der Waals surface area contributed by atoms with Gasteiger partial charge < -0.3 is 4.74 Å². The van der Waals surface area contributed by atoms with Crippen LogP contribution in [0.3, 0.4) is 0 Å². The van der Waals surface area contributed by atoms with Crippen molar-refractivity contribution < 1.29 is 4.74 Å². The highest BCUT2D eigenvalue weighted by atomic mass is 16.5. The molecular formula is C23H48O. The van der Waals surface area contributed by atoms with Gasteiger partial charge in [-0.3, -0.25) is 0 Å². The molecule has 0 aromatic carbocycles. The van der Waals surface area contributed by atoms with Crippen molar-refractivity contribution in [3.8, 4) is 0 Å². The van der Waals surface area contributed by atoms with Crippen molar-refractivity contribution in [1.82, 2.24) is 0 Å². The normalized spacial score (nSPS) is 12.6. The molecule has 0 spiro atoms. The summed E-state index contributed by atoms with van der Waals surface area (Å²) in [5, 5.41) is 0. The lowest BCUT2D eigenvalue weighted by molar-refractivity contribution is 0.0385. The molecular weight excluding hydrogens is 292 g/mol. The van der Waals surface area contributed by atoms with E-state index in [1.165, 1.54) is 109 Å². The molecule has 0 saturated carbocycles. The molecule has 0 rings (SSSR count). The third kappa shape index (κ3) is 18.3. The van der Waals surface area contributed by atoms with Gasteiger partial charge >= 0.3 is 0 Å². The topological polar surface area (TPSA) is 9.23 Å². The summed E-state index contributed by atoms with van der Waals surface area (Å²) in [5.74, 6) is 0. The van der Waals surface area contributed by atoms with E-state index in [0.717, 1.165) is 13.0 Å². The van der Waals surface area contributed by atoms with Crippen LogP contribution in [0.4, 0.5) is 0 Å². The van der Waals surface area contributed by atoms with Gasteiger partial charge in [0.05, 0.1) is 6.10 Å². The number of hydrogen-bond donors (Lipinski definition) is 0. The van der Waals surface area contributed by atoms with Crippen LogP contribution in [0.15, 0.2) is 0 Å². The first-order valence-electron chi connectivity index (χ1n) is 11.5. The van der Waals surface area contributed by atoms with E-state index in [1.807, 2.05) is 0 Å². The summed E-state index contributed by atoms with van der Waals surface area (Å²) in [4.78, 5) is 0. The highest BCUT2D eigenvalue weighted by Crippen LogP contribution is 2.17. The van der Waals surface area contributed by atoms with Crippen LogP contribution in [0.5, 0.6) is 0 Å². The Hall–Kier alpha value is -0.0400. The van der Waals surface area contributed by atoms with Gasteiger partial charge in [-0.05, 0) is 19.3 Å². The standard InChI is InChI=1S/C23H48O/c1-4-7-9-11-13-14-15-17-19-21-23(24-22-6-3)20-18-16-12-10-8-5-2/h23H,4-22H2,1-3H3. The van der Waals surface area contributed by atoms with Crippen molar-refractivity contribution in [2.45, 2.75) is 142 Å². The molecule has 1 heteroatoms. The van der Waals surface area contributed by atoms with E-state index in [0.29, 0.717) is 6.10 Å². The maximum atomic E-state index is 6.09. The van der Waals surface area contributed by atoms with Gasteiger partial charge in [0.2, 0.25) is 0 Å². The molecule has 1 unspecified atom stereocenters. The van der Waals surface area contributed by atoms with E-state index in [9.17, 15) is 0 Å². The number of rotatable bonds is 20. The lowest BCUT2D eigenvalue weighted by Gasteiger charge is -2.17. The molecule has 0 heterocycles. The second-order valence-corrected chi connectivity index (χ2v) is 7.67. The molecule has 0 aromatic heterocycles. The molecule has 0 aliphatic heterocycles. The Morgan fingerprint density at radius 3 is 1.21 bits per heavy atom. The van der Waals surface area contributed by atoms with Crippen molar-refractivity contribution >= 4 is 0 Å². The molecule has 0 aliphatic carbocycles. The summed E-state index contributed by atoms with van der Waals surface area (Å²) in [5.41, 5.74) is 0. The Labute approximate surface area is 154 Å². The Morgan fingerprint density at radius 2 is 0.833 bits per heavy atom. The van der Waals surface area contributed by atoms with Crippen molar-refractivity contribution in [2.75, 3.05) is 6.61 Å². The van der Waals surface area contributed by atoms with Gasteiger partial charge in [-0.2, -0.15) is 0 Å². The highest BCUT2D eigenvalue weighted by molar-refractivity contribution is 4.60. The van der Waals surface area contributed by atoms with E-state index in [4.69, 9.17) is 4.74 Å². The smallest absolute Gasteiger partial charge is 0.0575 e. The van der Waals surface area contributed by atoms with Crippen LogP contribution in [0.1, 0.15) is 136 Å². The molecule has 24 heavy (non-hydrogen) atoms. The summed E-state index contributed by atoms with van der Waals surface area (Å²) >= 11 is 0. The SMILES string of the molecule is CCCCCCCCCCCC(CCCCCCCC)OCCC. The summed E-state index contributed by atoms with van der Waals surface area (Å²) < 4.78 is 6.09. The van der Waals surface area contributed by atoms with Crippen molar-refractivity contribution in [1.29, 1.82) is 0 Å². The molecule has 0 bridgehead atoms. The molecule has 0 radical (unpaired) electrons. The summed E-state index contributed by atoms with van der Waals surface area (Å²) in [7, 11) is 0. The Morgan fingerprint density at radius 1 is 0.458 bits per heavy atom. The zero-order valence-electron chi connectivity index (χ0n) is 17.4. The maximum absolute atomic E-state index is 6.09. The van der Waals surface area contributed by atoms with Gasteiger partial charge in [-0.15, -0.1) is 0 Å². The third-order valence-electron chi connectivity index (χ3n) is 5.07. The minimum atomic E-state index is 0.542. The van der Waals surface area contributed by atoms with Crippen LogP contribution >= 0.6 is 0 Å². The van der Waals surface area contributed by atoms with Gasteiger partial charge in [-0.25, -0.2) is 0 Å². The summed E-state index contributed by atoms with van der Waals surface area (Å²) in [6.45, 7) is 7.76. The first kappa shape index (κ1) is 24.0. The molecule has 1 nitrogen and oxygen atoms in total. The fourth-order valence-electron chi connectivity index (χ4n) is 3.43. The zero-order chi connectivity index (χ0) is 17.7. The van der Waals surface area contributed by atoms with Gasteiger partial charge in [0.1, 0.15) is 0 Å². The van der Waals surface area contributed by atoms with Gasteiger partial charge in [0, 0.05) is 6.61 Å². The molecule has 0 aromatic rings. The van der Waals surface area contributed by atoms with Crippen LogP contribution in [0, 0.1) is 0 Å². The van der Waals surface area contributed by atoms with Crippen LogP contribution in [-0.4, -0.2) is 12.7 Å². The van der Waals surface area contributed by atoms with Crippen LogP contribution in [0.25, 0.3) is 0 Å². The first-order valence-corrected chi connectivity index (χ1v) is 11.5. The molecule has 0 amide bonds. The fraction of sp³-hybridized carbons (Fsp3) is 1.00. The molecule has 0 fully saturated rings. The number of unbranched alkanes of at least 4 members (excludes halogenated alkanes) is 13. The largest absolute Gasteiger partial charge is 0.378 e. The second-order valence-electron chi connectivity index (χ2n) is 7.67. The van der Waals surface area contributed by atoms with E-state index in [2.05, 4.69) is 20.8 Å². The van der Waals surface area contributed by atoms with Gasteiger partial charge in [0.15, 0.2) is 0 Å². The molecule has 0 aliphatic rings. The Kier molecular flexibility index (Phi) is 21.0. The fourth-order valence-corrected chi connectivity index (χ4v) is 3.43. The predicted molar refractivity (Wildman–Crippen MR) is 110 cm³/mol. The summed E-state index contributed by atoms with van der Waals surface area (Å²) in [6, 6.07) is 0. The lowest BCUT2D eigenvalue weighted by Crippen LogP contribution is -2.13. The minimum Gasteiger partial charge on any atom is -0.378 e. The molecule has 146 valence electrons. The van der Waals surface area contributed by atoms with E-state index >= 15 is 0 Å². The molecule has 1 atom stereocenters. The second kappa shape index (κ2) is 21.0. The van der Waals surface area contributed by atoms with Crippen LogP contribution < -0.4 is 0 Å². The highest BCUT2D eigenvalue weighted by Gasteiger charge is 2.08. The van der Waals surface area contributed by atoms with Crippen LogP contribution in [-0.2, 0) is 4.74 Å². The zero-order valence-corrected chi connectivity index (χ0v) is 17.4. The average molecular weight is 341 g/mol. The average Bonchev–Trinajstić information content (AvgIpc) is 2.60. The number of ether oxygens (including phenoxy) is 1. The first-order chi connectivity index (χ1) is 11.8. The maximum Gasteiger partial charge on any atom is 0.0575 e. The third-order valence-corrected chi connectivity index (χ3v) is 5.07. The van der Waals surface area contributed by atoms with Crippen molar-refractivity contribution in [3.63, 3.8) is 0 Å². The van der Waals surface area contributed by atoms with Gasteiger partial charge in [0.25, 0.3) is 0 Å². The Bertz CT molecular complexity index is 214. The van der Waals surface area contributed by atoms with Crippen molar-refractivity contribution in [3.05, 3.63) is 0 Å². The van der Waals surface area contributed by atoms with Gasteiger partial charge in [-0.1, -0.05) is 117 Å². The lowest BCUT2D eigenvalue weighted by atomic mass is 10.0. The van der Waals surface area contributed by atoms with E-state index in [1.54, 1.807) is 0 Å². The monoisotopic (exact) mass is 340 g/mol. The number of hydrogen-bond acceptors (Lipinski definition) is 1. The van der Waals surface area contributed by atoms with Crippen LogP contribution in [0.2, 0.25) is 0 Å². The quantitative estimate of drug-likeness (QED) is 0.202. The molecule has 0 N–H and O–H groups in total. The van der Waals surface area contributed by atoms with E-state index < -0.39 is 0 Å².